The molecule has 0 saturated carbocycles. The van der Waals surface area contributed by atoms with Gasteiger partial charge in [-0.15, -0.1) is 5.10 Å². The number of hydrogen-bond acceptors (Lipinski definition) is 5. The number of aliphatic hydroxyl groups excluding tert-OH is 1. The van der Waals surface area contributed by atoms with Crippen LogP contribution in [0, 0.1) is 0 Å². The van der Waals surface area contributed by atoms with Crippen molar-refractivity contribution < 1.29 is 9.84 Å². The third-order valence-electron chi connectivity index (χ3n) is 4.03. The molecule has 1 aromatic carbocycles. The second-order valence-electron chi connectivity index (χ2n) is 5.69. The zero-order chi connectivity index (χ0) is 15.2. The van der Waals surface area contributed by atoms with Crippen LogP contribution >= 0.6 is 0 Å². The van der Waals surface area contributed by atoms with E-state index < -0.39 is 6.10 Å². The highest BCUT2D eigenvalue weighted by atomic mass is 16.5. The number of likely N-dealkylation sites (tertiary alicyclic amines) is 1. The van der Waals surface area contributed by atoms with Gasteiger partial charge >= 0.3 is 0 Å². The van der Waals surface area contributed by atoms with Crippen LogP contribution in [0.4, 0.5) is 0 Å². The number of benzene rings is 1. The van der Waals surface area contributed by atoms with E-state index in [1.807, 2.05) is 41.2 Å². The van der Waals surface area contributed by atoms with E-state index in [0.29, 0.717) is 19.2 Å². The normalized spacial score (nSPS) is 18.2. The van der Waals surface area contributed by atoms with Crippen LogP contribution in [-0.4, -0.2) is 57.3 Å². The molecule has 1 aromatic heterocycles. The average molecular weight is 302 g/mol. The molecule has 0 radical (unpaired) electrons. The van der Waals surface area contributed by atoms with Crippen LogP contribution < -0.4 is 4.74 Å². The molecule has 0 amide bonds. The number of hydrogen-bond donors (Lipinski definition) is 1. The Morgan fingerprint density at radius 3 is 2.68 bits per heavy atom. The molecular formula is C16H22N4O2. The van der Waals surface area contributed by atoms with Crippen molar-refractivity contribution in [2.24, 2.45) is 0 Å². The third kappa shape index (κ3) is 4.05. The molecule has 0 spiro atoms. The molecule has 1 aliphatic heterocycles. The minimum Gasteiger partial charge on any atom is -0.491 e. The van der Waals surface area contributed by atoms with Gasteiger partial charge in [0, 0.05) is 25.8 Å². The van der Waals surface area contributed by atoms with Gasteiger partial charge < -0.3 is 14.7 Å². The third-order valence-corrected chi connectivity index (χ3v) is 4.03. The molecule has 1 atom stereocenters. The molecule has 1 saturated heterocycles. The molecule has 2 aromatic rings. The number of rotatable bonds is 6. The average Bonchev–Trinajstić information content (AvgIpc) is 3.09. The number of ether oxygens (including phenoxy) is 1. The SMILES string of the molecule is OC(COc1ccccc1)CN1CCC(n2ccnn2)CC1. The summed E-state index contributed by atoms with van der Waals surface area (Å²) in [6.45, 7) is 2.91. The van der Waals surface area contributed by atoms with Crippen LogP contribution in [0.25, 0.3) is 0 Å². The molecule has 0 bridgehead atoms. The molecule has 0 aliphatic carbocycles. The highest BCUT2D eigenvalue weighted by Gasteiger charge is 2.22. The van der Waals surface area contributed by atoms with Gasteiger partial charge in [-0.25, -0.2) is 4.68 Å². The zero-order valence-electron chi connectivity index (χ0n) is 12.6. The summed E-state index contributed by atoms with van der Waals surface area (Å²) in [6.07, 6.45) is 5.24. The summed E-state index contributed by atoms with van der Waals surface area (Å²) >= 11 is 0. The molecule has 118 valence electrons. The van der Waals surface area contributed by atoms with E-state index in [4.69, 9.17) is 4.74 Å². The predicted molar refractivity (Wildman–Crippen MR) is 82.7 cm³/mol. The van der Waals surface area contributed by atoms with Crippen molar-refractivity contribution in [3.63, 3.8) is 0 Å². The summed E-state index contributed by atoms with van der Waals surface area (Å²) in [7, 11) is 0. The van der Waals surface area contributed by atoms with Gasteiger partial charge in [-0.2, -0.15) is 0 Å². The number of aromatic nitrogens is 3. The maximum absolute atomic E-state index is 10.1. The largest absolute Gasteiger partial charge is 0.491 e. The lowest BCUT2D eigenvalue weighted by Crippen LogP contribution is -2.41. The standard InChI is InChI=1S/C16H22N4O2/c21-15(13-22-16-4-2-1-3-5-16)12-19-9-6-14(7-10-19)20-11-8-17-18-20/h1-5,8,11,14-15,21H,6-7,9-10,12-13H2. The maximum atomic E-state index is 10.1. The first-order valence-electron chi connectivity index (χ1n) is 7.75. The summed E-state index contributed by atoms with van der Waals surface area (Å²) in [5, 5.41) is 18.0. The first-order valence-corrected chi connectivity index (χ1v) is 7.75. The molecule has 6 heteroatoms. The van der Waals surface area contributed by atoms with E-state index in [9.17, 15) is 5.11 Å². The first kappa shape index (κ1) is 15.0. The summed E-state index contributed by atoms with van der Waals surface area (Å²) in [4.78, 5) is 2.28. The van der Waals surface area contributed by atoms with Crippen LogP contribution in [0.2, 0.25) is 0 Å². The zero-order valence-corrected chi connectivity index (χ0v) is 12.6. The van der Waals surface area contributed by atoms with Crippen molar-refractivity contribution in [1.29, 1.82) is 0 Å². The first-order chi connectivity index (χ1) is 10.8. The monoisotopic (exact) mass is 302 g/mol. The van der Waals surface area contributed by atoms with Crippen molar-refractivity contribution >= 4 is 0 Å². The highest BCUT2D eigenvalue weighted by molar-refractivity contribution is 5.20. The van der Waals surface area contributed by atoms with Crippen molar-refractivity contribution in [2.45, 2.75) is 25.0 Å². The van der Waals surface area contributed by atoms with Crippen molar-refractivity contribution in [2.75, 3.05) is 26.2 Å². The fourth-order valence-corrected chi connectivity index (χ4v) is 2.84. The molecule has 6 nitrogen and oxygen atoms in total. The van der Waals surface area contributed by atoms with E-state index in [1.165, 1.54) is 0 Å². The van der Waals surface area contributed by atoms with Crippen LogP contribution in [0.15, 0.2) is 42.7 Å². The lowest BCUT2D eigenvalue weighted by molar-refractivity contribution is 0.0549. The Bertz CT molecular complexity index is 539. The second-order valence-corrected chi connectivity index (χ2v) is 5.69. The van der Waals surface area contributed by atoms with Gasteiger partial charge in [-0.1, -0.05) is 23.4 Å². The van der Waals surface area contributed by atoms with Crippen molar-refractivity contribution in [3.05, 3.63) is 42.7 Å². The minimum absolute atomic E-state index is 0.326. The second kappa shape index (κ2) is 7.38. The fraction of sp³-hybridized carbons (Fsp3) is 0.500. The molecule has 1 unspecified atom stereocenters. The Morgan fingerprint density at radius 1 is 1.23 bits per heavy atom. The summed E-state index contributed by atoms with van der Waals surface area (Å²) in [5.74, 6) is 0.798. The number of aliphatic hydroxyl groups is 1. The van der Waals surface area contributed by atoms with Crippen LogP contribution in [0.3, 0.4) is 0 Å². The minimum atomic E-state index is -0.469. The lowest BCUT2D eigenvalue weighted by atomic mass is 10.1. The Hall–Kier alpha value is -1.92. The quantitative estimate of drug-likeness (QED) is 0.873. The Morgan fingerprint density at radius 2 is 2.00 bits per heavy atom. The number of nitrogens with zero attached hydrogens (tertiary/aromatic N) is 4. The highest BCUT2D eigenvalue weighted by Crippen LogP contribution is 2.21. The van der Waals surface area contributed by atoms with E-state index in [0.717, 1.165) is 31.7 Å². The Kier molecular flexibility index (Phi) is 5.03. The number of piperidine rings is 1. The molecule has 3 rings (SSSR count). The van der Waals surface area contributed by atoms with Crippen LogP contribution in [-0.2, 0) is 0 Å². The summed E-state index contributed by atoms with van der Waals surface area (Å²) in [6, 6.07) is 10.0. The van der Waals surface area contributed by atoms with Gasteiger partial charge in [-0.3, -0.25) is 0 Å². The molecule has 1 fully saturated rings. The lowest BCUT2D eigenvalue weighted by Gasteiger charge is -2.32. The predicted octanol–water partition coefficient (Wildman–Crippen LogP) is 1.35. The molecule has 1 N–H and O–H groups in total. The van der Waals surface area contributed by atoms with Gasteiger partial charge in [0.1, 0.15) is 18.5 Å². The fourth-order valence-electron chi connectivity index (χ4n) is 2.84. The Balaban J connectivity index is 1.39. The molecule has 22 heavy (non-hydrogen) atoms. The molecular weight excluding hydrogens is 280 g/mol. The van der Waals surface area contributed by atoms with Crippen LogP contribution in [0.5, 0.6) is 5.75 Å². The van der Waals surface area contributed by atoms with Crippen molar-refractivity contribution in [3.8, 4) is 5.75 Å². The van der Waals surface area contributed by atoms with Crippen LogP contribution in [0.1, 0.15) is 18.9 Å². The smallest absolute Gasteiger partial charge is 0.119 e. The topological polar surface area (TPSA) is 63.4 Å². The van der Waals surface area contributed by atoms with Gasteiger partial charge in [0.15, 0.2) is 0 Å². The summed E-state index contributed by atoms with van der Waals surface area (Å²) < 4.78 is 7.53. The molecule has 2 heterocycles. The maximum Gasteiger partial charge on any atom is 0.119 e. The molecule has 1 aliphatic rings. The van der Waals surface area contributed by atoms with Gasteiger partial charge in [0.05, 0.1) is 12.2 Å². The van der Waals surface area contributed by atoms with Gasteiger partial charge in [0.25, 0.3) is 0 Å². The van der Waals surface area contributed by atoms with E-state index in [2.05, 4.69) is 15.2 Å². The Labute approximate surface area is 130 Å². The van der Waals surface area contributed by atoms with E-state index >= 15 is 0 Å². The number of β-amino-alcohol motifs (C(OH)–C–C–N with tert-alkyl or cyclic N) is 1. The van der Waals surface area contributed by atoms with Gasteiger partial charge in [-0.05, 0) is 25.0 Å². The van der Waals surface area contributed by atoms with Gasteiger partial charge in [0.2, 0.25) is 0 Å². The van der Waals surface area contributed by atoms with Crippen molar-refractivity contribution in [1.82, 2.24) is 19.9 Å². The van der Waals surface area contributed by atoms with E-state index in [-0.39, 0.29) is 0 Å². The van der Waals surface area contributed by atoms with E-state index in [1.54, 1.807) is 6.20 Å². The summed E-state index contributed by atoms with van der Waals surface area (Å²) in [5.41, 5.74) is 0. The number of para-hydroxylation sites is 1.